The van der Waals surface area contributed by atoms with Gasteiger partial charge in [0.2, 0.25) is 5.91 Å². The van der Waals surface area contributed by atoms with Gasteiger partial charge in [0, 0.05) is 18.5 Å². The summed E-state index contributed by atoms with van der Waals surface area (Å²) in [6, 6.07) is 6.89. The molecule has 0 saturated carbocycles. The quantitative estimate of drug-likeness (QED) is 0.795. The third kappa shape index (κ3) is 3.50. The highest BCUT2D eigenvalue weighted by atomic mass is 79.9. The fourth-order valence-electron chi connectivity index (χ4n) is 2.81. The number of furan rings is 1. The SMILES string of the molecule is CN(Cc1ccc(Br)s1)C(=O)C1CCCN1C(=O)c1ccco1. The number of rotatable bonds is 4. The first-order valence-corrected chi connectivity index (χ1v) is 9.01. The summed E-state index contributed by atoms with van der Waals surface area (Å²) in [5, 5.41) is 0. The summed E-state index contributed by atoms with van der Waals surface area (Å²) in [4.78, 5) is 29.6. The molecule has 3 heterocycles. The van der Waals surface area contributed by atoms with E-state index in [0.29, 0.717) is 19.5 Å². The van der Waals surface area contributed by atoms with Crippen LogP contribution in [0.25, 0.3) is 0 Å². The van der Waals surface area contributed by atoms with E-state index >= 15 is 0 Å². The summed E-state index contributed by atoms with van der Waals surface area (Å²) in [6.07, 6.45) is 3.01. The molecule has 2 amide bonds. The van der Waals surface area contributed by atoms with Crippen molar-refractivity contribution in [1.82, 2.24) is 9.80 Å². The average molecular weight is 397 g/mol. The van der Waals surface area contributed by atoms with Crippen molar-refractivity contribution in [2.24, 2.45) is 0 Å². The normalized spacial score (nSPS) is 17.5. The minimum absolute atomic E-state index is 0.0214. The average Bonchev–Trinajstić information content (AvgIpc) is 3.27. The maximum Gasteiger partial charge on any atom is 0.290 e. The zero-order valence-corrected chi connectivity index (χ0v) is 15.1. The molecule has 0 aliphatic carbocycles. The molecule has 1 unspecified atom stereocenters. The number of nitrogens with zero attached hydrogens (tertiary/aromatic N) is 2. The van der Waals surface area contributed by atoms with Gasteiger partial charge in [-0.1, -0.05) is 0 Å². The molecule has 23 heavy (non-hydrogen) atoms. The maximum atomic E-state index is 12.7. The summed E-state index contributed by atoms with van der Waals surface area (Å²) in [5.41, 5.74) is 0. The zero-order chi connectivity index (χ0) is 16.4. The number of carbonyl (C=O) groups is 2. The minimum Gasteiger partial charge on any atom is -0.459 e. The molecule has 122 valence electrons. The lowest BCUT2D eigenvalue weighted by Gasteiger charge is -2.27. The number of hydrogen-bond donors (Lipinski definition) is 0. The van der Waals surface area contributed by atoms with Crippen LogP contribution in [0.5, 0.6) is 0 Å². The summed E-state index contributed by atoms with van der Waals surface area (Å²) in [6.45, 7) is 1.14. The van der Waals surface area contributed by atoms with Gasteiger partial charge in [0.15, 0.2) is 5.76 Å². The van der Waals surface area contributed by atoms with Crippen molar-refractivity contribution < 1.29 is 14.0 Å². The molecule has 0 N–H and O–H groups in total. The molecule has 5 nitrogen and oxygen atoms in total. The predicted molar refractivity (Wildman–Crippen MR) is 91.3 cm³/mol. The molecule has 7 heteroatoms. The number of hydrogen-bond acceptors (Lipinski definition) is 4. The molecule has 2 aromatic heterocycles. The Hall–Kier alpha value is -1.60. The van der Waals surface area contributed by atoms with Gasteiger partial charge < -0.3 is 14.2 Å². The Kier molecular flexibility index (Phi) is 4.87. The van der Waals surface area contributed by atoms with Gasteiger partial charge in [-0.3, -0.25) is 9.59 Å². The fraction of sp³-hybridized carbons (Fsp3) is 0.375. The summed E-state index contributed by atoms with van der Waals surface area (Å²) >= 11 is 5.04. The van der Waals surface area contributed by atoms with Crippen molar-refractivity contribution in [3.8, 4) is 0 Å². The Labute approximate surface area is 147 Å². The Morgan fingerprint density at radius 2 is 2.26 bits per heavy atom. The summed E-state index contributed by atoms with van der Waals surface area (Å²) < 4.78 is 6.22. The number of amides is 2. The maximum absolute atomic E-state index is 12.7. The number of halogens is 1. The van der Waals surface area contributed by atoms with Gasteiger partial charge in [-0.05, 0) is 53.0 Å². The molecule has 0 radical (unpaired) electrons. The van der Waals surface area contributed by atoms with Crippen molar-refractivity contribution in [1.29, 1.82) is 0 Å². The summed E-state index contributed by atoms with van der Waals surface area (Å²) in [7, 11) is 1.78. The molecule has 1 saturated heterocycles. The minimum atomic E-state index is -0.402. The second-order valence-corrected chi connectivity index (χ2v) is 8.08. The standard InChI is InChI=1S/C16H17BrN2O3S/c1-18(10-11-6-7-14(17)23-11)15(20)12-4-2-8-19(12)16(21)13-5-3-9-22-13/h3,5-7,9,12H,2,4,8,10H2,1H3. The lowest BCUT2D eigenvalue weighted by atomic mass is 10.2. The lowest BCUT2D eigenvalue weighted by Crippen LogP contribution is -2.46. The number of carbonyl (C=O) groups excluding carboxylic acids is 2. The molecule has 1 aliphatic heterocycles. The van der Waals surface area contributed by atoms with Crippen LogP contribution >= 0.6 is 27.3 Å². The number of likely N-dealkylation sites (tertiary alicyclic amines) is 1. The van der Waals surface area contributed by atoms with E-state index in [-0.39, 0.29) is 17.6 Å². The molecule has 1 atom stereocenters. The Bertz CT molecular complexity index is 698. The Morgan fingerprint density at radius 3 is 2.91 bits per heavy atom. The molecule has 0 aromatic carbocycles. The van der Waals surface area contributed by atoms with Gasteiger partial charge in [-0.25, -0.2) is 0 Å². The third-order valence-electron chi connectivity index (χ3n) is 3.93. The van der Waals surface area contributed by atoms with Crippen LogP contribution in [0.2, 0.25) is 0 Å². The molecule has 1 fully saturated rings. The highest BCUT2D eigenvalue weighted by Gasteiger charge is 2.36. The van der Waals surface area contributed by atoms with E-state index < -0.39 is 6.04 Å². The van der Waals surface area contributed by atoms with Gasteiger partial charge in [0.25, 0.3) is 5.91 Å². The number of likely N-dealkylation sites (N-methyl/N-ethyl adjacent to an activating group) is 1. The smallest absolute Gasteiger partial charge is 0.290 e. The van der Waals surface area contributed by atoms with Crippen LogP contribution in [0.4, 0.5) is 0 Å². The van der Waals surface area contributed by atoms with Crippen LogP contribution in [0.15, 0.2) is 38.7 Å². The van der Waals surface area contributed by atoms with E-state index in [0.717, 1.165) is 15.1 Å². The van der Waals surface area contributed by atoms with Gasteiger partial charge in [-0.2, -0.15) is 0 Å². The van der Waals surface area contributed by atoms with Crippen molar-refractivity contribution in [2.75, 3.05) is 13.6 Å². The van der Waals surface area contributed by atoms with Crippen LogP contribution in [0, 0.1) is 0 Å². The molecule has 2 aromatic rings. The Morgan fingerprint density at radius 1 is 1.43 bits per heavy atom. The number of thiophene rings is 1. The topological polar surface area (TPSA) is 53.8 Å². The second kappa shape index (κ2) is 6.88. The molecule has 0 bridgehead atoms. The van der Waals surface area contributed by atoms with Crippen LogP contribution in [-0.4, -0.2) is 41.2 Å². The first-order valence-electron chi connectivity index (χ1n) is 7.40. The lowest BCUT2D eigenvalue weighted by molar-refractivity contribution is -0.134. The van der Waals surface area contributed by atoms with E-state index in [1.807, 2.05) is 12.1 Å². The molecule has 0 spiro atoms. The largest absolute Gasteiger partial charge is 0.459 e. The molecular formula is C16H17BrN2O3S. The van der Waals surface area contributed by atoms with Crippen molar-refractivity contribution in [2.45, 2.75) is 25.4 Å². The summed E-state index contributed by atoms with van der Waals surface area (Å²) in [5.74, 6) is 0.0552. The molecule has 3 rings (SSSR count). The highest BCUT2D eigenvalue weighted by Crippen LogP contribution is 2.25. The first-order chi connectivity index (χ1) is 11.1. The monoisotopic (exact) mass is 396 g/mol. The van der Waals surface area contributed by atoms with E-state index in [2.05, 4.69) is 15.9 Å². The molecule has 1 aliphatic rings. The predicted octanol–water partition coefficient (Wildman–Crippen LogP) is 3.37. The van der Waals surface area contributed by atoms with Gasteiger partial charge in [0.1, 0.15) is 6.04 Å². The van der Waals surface area contributed by atoms with Crippen LogP contribution in [0.3, 0.4) is 0 Å². The van der Waals surface area contributed by atoms with Crippen molar-refractivity contribution >= 4 is 39.1 Å². The van der Waals surface area contributed by atoms with E-state index in [1.54, 1.807) is 40.3 Å². The van der Waals surface area contributed by atoms with E-state index in [4.69, 9.17) is 4.42 Å². The van der Waals surface area contributed by atoms with Crippen LogP contribution in [-0.2, 0) is 11.3 Å². The van der Waals surface area contributed by atoms with Gasteiger partial charge in [-0.15, -0.1) is 11.3 Å². The Balaban J connectivity index is 1.69. The molecular weight excluding hydrogens is 380 g/mol. The third-order valence-corrected chi connectivity index (χ3v) is 5.54. The van der Waals surface area contributed by atoms with Gasteiger partial charge in [0.05, 0.1) is 16.6 Å². The van der Waals surface area contributed by atoms with Gasteiger partial charge >= 0.3 is 0 Å². The van der Waals surface area contributed by atoms with Crippen LogP contribution < -0.4 is 0 Å². The second-order valence-electron chi connectivity index (χ2n) is 5.53. The zero-order valence-electron chi connectivity index (χ0n) is 12.7. The van der Waals surface area contributed by atoms with Crippen molar-refractivity contribution in [3.63, 3.8) is 0 Å². The first kappa shape index (κ1) is 16.3. The fourth-order valence-corrected chi connectivity index (χ4v) is 4.35. The van der Waals surface area contributed by atoms with Crippen LogP contribution in [0.1, 0.15) is 28.3 Å². The van der Waals surface area contributed by atoms with E-state index in [1.165, 1.54) is 6.26 Å². The van der Waals surface area contributed by atoms with E-state index in [9.17, 15) is 9.59 Å². The highest BCUT2D eigenvalue weighted by molar-refractivity contribution is 9.11. The van der Waals surface area contributed by atoms with Crippen molar-refractivity contribution in [3.05, 3.63) is 45.0 Å².